The van der Waals surface area contributed by atoms with E-state index in [0.717, 1.165) is 26.1 Å². The predicted octanol–water partition coefficient (Wildman–Crippen LogP) is 0.807. The zero-order valence-electron chi connectivity index (χ0n) is 11.5. The van der Waals surface area contributed by atoms with E-state index in [9.17, 15) is 4.79 Å². The molecule has 1 fully saturated rings. The summed E-state index contributed by atoms with van der Waals surface area (Å²) in [6, 6.07) is 0.254. The lowest BCUT2D eigenvalue weighted by Crippen LogP contribution is -2.31. The van der Waals surface area contributed by atoms with Crippen molar-refractivity contribution in [3.63, 3.8) is 0 Å². The Hall–Kier alpha value is -1.41. The number of nitrogens with zero attached hydrogens (tertiary/aromatic N) is 4. The molecule has 1 saturated heterocycles. The molecule has 1 N–H and O–H groups in total. The van der Waals surface area contributed by atoms with E-state index < -0.39 is 0 Å². The molecule has 7 nitrogen and oxygen atoms in total. The summed E-state index contributed by atoms with van der Waals surface area (Å²) < 4.78 is 7.15. The highest BCUT2D eigenvalue weighted by Gasteiger charge is 2.23. The van der Waals surface area contributed by atoms with E-state index in [2.05, 4.69) is 27.4 Å². The molecule has 1 aliphatic heterocycles. The van der Waals surface area contributed by atoms with Gasteiger partial charge in [-0.2, -0.15) is 0 Å². The van der Waals surface area contributed by atoms with Gasteiger partial charge in [-0.05, 0) is 30.2 Å². The molecule has 1 aromatic rings. The Morgan fingerprint density at radius 3 is 3.10 bits per heavy atom. The van der Waals surface area contributed by atoms with Crippen LogP contribution in [0.1, 0.15) is 25.8 Å². The molecule has 0 saturated carbocycles. The van der Waals surface area contributed by atoms with Crippen LogP contribution >= 0.6 is 11.8 Å². The molecule has 20 heavy (non-hydrogen) atoms. The van der Waals surface area contributed by atoms with E-state index in [1.165, 1.54) is 11.8 Å². The van der Waals surface area contributed by atoms with E-state index >= 15 is 0 Å². The van der Waals surface area contributed by atoms with Gasteiger partial charge in [-0.3, -0.25) is 4.79 Å². The molecule has 2 rings (SSSR count). The lowest BCUT2D eigenvalue weighted by Gasteiger charge is -2.22. The summed E-state index contributed by atoms with van der Waals surface area (Å²) >= 11 is 1.37. The standard InChI is InChI=1S/C12H19N5O2S/c1-3-6-13-11(18)9(2)20-12-14-15-16-17(12)10-4-7-19-8-5-10/h3,9-10H,1,4-8H2,2H3,(H,13,18)/t9-/m1/s1. The number of tetrazole rings is 1. The minimum absolute atomic E-state index is 0.0450. The average molecular weight is 297 g/mol. The van der Waals surface area contributed by atoms with Crippen molar-refractivity contribution in [2.24, 2.45) is 0 Å². The third-order valence-electron chi connectivity index (χ3n) is 3.07. The fourth-order valence-electron chi connectivity index (χ4n) is 1.95. The molecule has 0 spiro atoms. The maximum Gasteiger partial charge on any atom is 0.233 e. The minimum Gasteiger partial charge on any atom is -0.381 e. The van der Waals surface area contributed by atoms with Gasteiger partial charge < -0.3 is 10.1 Å². The highest BCUT2D eigenvalue weighted by molar-refractivity contribution is 8.00. The van der Waals surface area contributed by atoms with Crippen LogP contribution in [-0.2, 0) is 9.53 Å². The number of thioether (sulfide) groups is 1. The fraction of sp³-hybridized carbons (Fsp3) is 0.667. The molecule has 0 aromatic carbocycles. The molecule has 110 valence electrons. The lowest BCUT2D eigenvalue weighted by molar-refractivity contribution is -0.120. The second-order valence-electron chi connectivity index (χ2n) is 4.54. The van der Waals surface area contributed by atoms with E-state index in [1.54, 1.807) is 6.08 Å². The second kappa shape index (κ2) is 7.39. The topological polar surface area (TPSA) is 81.9 Å². The van der Waals surface area contributed by atoms with Crippen molar-refractivity contribution >= 4 is 17.7 Å². The molecule has 0 unspecified atom stereocenters. The maximum atomic E-state index is 11.8. The fourth-order valence-corrected chi connectivity index (χ4v) is 2.83. The summed E-state index contributed by atoms with van der Waals surface area (Å²) in [6.45, 7) is 7.33. The molecule has 1 amide bonds. The van der Waals surface area contributed by atoms with E-state index in [-0.39, 0.29) is 17.2 Å². The predicted molar refractivity (Wildman–Crippen MR) is 75.4 cm³/mol. The van der Waals surface area contributed by atoms with Crippen LogP contribution in [0.2, 0.25) is 0 Å². The quantitative estimate of drug-likeness (QED) is 0.618. The highest BCUT2D eigenvalue weighted by Crippen LogP contribution is 2.27. The number of carbonyl (C=O) groups excluding carboxylic acids is 1. The third kappa shape index (κ3) is 3.80. The molecule has 1 atom stereocenters. The first-order valence-corrected chi connectivity index (χ1v) is 7.51. The summed E-state index contributed by atoms with van der Waals surface area (Å²) in [4.78, 5) is 11.8. The smallest absolute Gasteiger partial charge is 0.233 e. The largest absolute Gasteiger partial charge is 0.381 e. The van der Waals surface area contributed by atoms with Crippen LogP contribution in [0, 0.1) is 0 Å². The number of amides is 1. The highest BCUT2D eigenvalue weighted by atomic mass is 32.2. The van der Waals surface area contributed by atoms with Crippen LogP contribution in [0.25, 0.3) is 0 Å². The van der Waals surface area contributed by atoms with Gasteiger partial charge >= 0.3 is 0 Å². The first-order valence-electron chi connectivity index (χ1n) is 6.63. The van der Waals surface area contributed by atoms with Crippen molar-refractivity contribution in [2.75, 3.05) is 19.8 Å². The Morgan fingerprint density at radius 1 is 1.65 bits per heavy atom. The van der Waals surface area contributed by atoms with Crippen molar-refractivity contribution in [1.82, 2.24) is 25.5 Å². The van der Waals surface area contributed by atoms with Crippen LogP contribution in [0.15, 0.2) is 17.8 Å². The van der Waals surface area contributed by atoms with Crippen LogP contribution in [0.5, 0.6) is 0 Å². The molecule has 0 radical (unpaired) electrons. The van der Waals surface area contributed by atoms with Crippen molar-refractivity contribution in [3.05, 3.63) is 12.7 Å². The number of hydrogen-bond acceptors (Lipinski definition) is 6. The van der Waals surface area contributed by atoms with Crippen LogP contribution in [-0.4, -0.2) is 51.1 Å². The molecule has 0 aliphatic carbocycles. The molecule has 2 heterocycles. The summed E-state index contributed by atoms with van der Waals surface area (Å²) in [5.41, 5.74) is 0. The first-order chi connectivity index (χ1) is 9.72. The minimum atomic E-state index is -0.250. The Bertz CT molecular complexity index is 458. The number of nitrogens with one attached hydrogen (secondary N) is 1. The van der Waals surface area contributed by atoms with Gasteiger partial charge in [0.2, 0.25) is 11.1 Å². The van der Waals surface area contributed by atoms with Gasteiger partial charge in [-0.25, -0.2) is 4.68 Å². The molecular formula is C12H19N5O2S. The molecule has 8 heteroatoms. The molecule has 1 aromatic heterocycles. The molecular weight excluding hydrogens is 278 g/mol. The second-order valence-corrected chi connectivity index (χ2v) is 5.85. The summed E-state index contributed by atoms with van der Waals surface area (Å²) in [5.74, 6) is -0.0450. The Kier molecular flexibility index (Phi) is 5.54. The van der Waals surface area contributed by atoms with Gasteiger partial charge in [-0.1, -0.05) is 17.8 Å². The summed E-state index contributed by atoms with van der Waals surface area (Å²) in [5, 5.41) is 15.0. The van der Waals surface area contributed by atoms with Crippen molar-refractivity contribution in [1.29, 1.82) is 0 Å². The zero-order chi connectivity index (χ0) is 14.4. The number of hydrogen-bond donors (Lipinski definition) is 1. The van der Waals surface area contributed by atoms with E-state index in [1.807, 2.05) is 11.6 Å². The maximum absolute atomic E-state index is 11.8. The van der Waals surface area contributed by atoms with Gasteiger partial charge in [0, 0.05) is 19.8 Å². The monoisotopic (exact) mass is 297 g/mol. The Balaban J connectivity index is 1.97. The van der Waals surface area contributed by atoms with Crippen LogP contribution < -0.4 is 5.32 Å². The Morgan fingerprint density at radius 2 is 2.40 bits per heavy atom. The van der Waals surface area contributed by atoms with Crippen LogP contribution in [0.3, 0.4) is 0 Å². The van der Waals surface area contributed by atoms with E-state index in [4.69, 9.17) is 4.74 Å². The Labute approximate surface area is 122 Å². The number of aromatic nitrogens is 4. The number of ether oxygens (including phenoxy) is 1. The van der Waals surface area contributed by atoms with Gasteiger partial charge in [0.25, 0.3) is 0 Å². The van der Waals surface area contributed by atoms with Gasteiger partial charge in [-0.15, -0.1) is 11.7 Å². The van der Waals surface area contributed by atoms with Crippen LogP contribution in [0.4, 0.5) is 0 Å². The SMILES string of the molecule is C=CCNC(=O)[C@@H](C)Sc1nnnn1C1CCOCC1. The zero-order valence-corrected chi connectivity index (χ0v) is 12.3. The number of carbonyl (C=O) groups is 1. The normalized spacial score (nSPS) is 17.6. The molecule has 1 aliphatic rings. The van der Waals surface area contributed by atoms with Gasteiger partial charge in [0.05, 0.1) is 11.3 Å². The first kappa shape index (κ1) is 15.0. The number of rotatable bonds is 6. The van der Waals surface area contributed by atoms with Gasteiger partial charge in [0.1, 0.15) is 0 Å². The van der Waals surface area contributed by atoms with Gasteiger partial charge in [0.15, 0.2) is 0 Å². The molecule has 0 bridgehead atoms. The third-order valence-corrected chi connectivity index (χ3v) is 4.12. The van der Waals surface area contributed by atoms with Crippen molar-refractivity contribution in [3.8, 4) is 0 Å². The van der Waals surface area contributed by atoms with Crippen molar-refractivity contribution in [2.45, 2.75) is 36.2 Å². The average Bonchev–Trinajstić information content (AvgIpc) is 2.93. The van der Waals surface area contributed by atoms with E-state index in [0.29, 0.717) is 11.7 Å². The lowest BCUT2D eigenvalue weighted by atomic mass is 10.1. The summed E-state index contributed by atoms with van der Waals surface area (Å²) in [7, 11) is 0. The van der Waals surface area contributed by atoms with Crippen molar-refractivity contribution < 1.29 is 9.53 Å². The summed E-state index contributed by atoms with van der Waals surface area (Å²) in [6.07, 6.45) is 3.45.